The van der Waals surface area contributed by atoms with Crippen molar-refractivity contribution in [3.8, 4) is 0 Å². The number of hydrogen-bond acceptors (Lipinski definition) is 5. The van der Waals surface area contributed by atoms with E-state index in [0.29, 0.717) is 37.4 Å². The molecule has 7 nitrogen and oxygen atoms in total. The predicted molar refractivity (Wildman–Crippen MR) is 106 cm³/mol. The van der Waals surface area contributed by atoms with E-state index in [2.05, 4.69) is 4.98 Å². The summed E-state index contributed by atoms with van der Waals surface area (Å²) in [6.07, 6.45) is 3.58. The number of nitrogens with zero attached hydrogens (tertiary/aromatic N) is 3. The van der Waals surface area contributed by atoms with Crippen LogP contribution in [-0.4, -0.2) is 39.6 Å². The molecule has 1 aliphatic heterocycles. The number of aromatic nitrogens is 2. The first-order valence-corrected chi connectivity index (χ1v) is 9.29. The van der Waals surface area contributed by atoms with Gasteiger partial charge in [-0.25, -0.2) is 4.79 Å². The van der Waals surface area contributed by atoms with Crippen molar-refractivity contribution in [2.24, 2.45) is 0 Å². The van der Waals surface area contributed by atoms with Gasteiger partial charge in [0.25, 0.3) is 5.91 Å². The van der Waals surface area contributed by atoms with E-state index in [9.17, 15) is 9.59 Å². The highest BCUT2D eigenvalue weighted by Crippen LogP contribution is 2.27. The largest absolute Gasteiger partial charge is 0.450 e. The zero-order valence-corrected chi connectivity index (χ0v) is 15.9. The van der Waals surface area contributed by atoms with Gasteiger partial charge in [0.2, 0.25) is 0 Å². The van der Waals surface area contributed by atoms with Crippen LogP contribution in [-0.2, 0) is 17.7 Å². The molecule has 7 heteroatoms. The minimum absolute atomic E-state index is 0.119. The van der Waals surface area contributed by atoms with Crippen molar-refractivity contribution in [1.82, 2.24) is 14.5 Å². The highest BCUT2D eigenvalue weighted by molar-refractivity contribution is 6.04. The number of fused-ring (bicyclic) bond motifs is 2. The fourth-order valence-corrected chi connectivity index (χ4v) is 3.81. The number of rotatable bonds is 2. The number of carbonyl (C=O) groups excluding carboxylic acids is 2. The lowest BCUT2D eigenvalue weighted by Crippen LogP contribution is -2.37. The van der Waals surface area contributed by atoms with Gasteiger partial charge in [0.05, 0.1) is 24.2 Å². The first-order valence-electron chi connectivity index (χ1n) is 9.29. The fourth-order valence-electron chi connectivity index (χ4n) is 3.81. The SMILES string of the molecule is CCOC(=O)N1CCc2c(cncc2C(=O)n2c(C)cc3cc(N)ccc32)C1. The van der Waals surface area contributed by atoms with Crippen LogP contribution < -0.4 is 5.73 Å². The molecule has 0 saturated carbocycles. The molecule has 4 rings (SSSR count). The van der Waals surface area contributed by atoms with Crippen LogP contribution in [0.25, 0.3) is 10.9 Å². The summed E-state index contributed by atoms with van der Waals surface area (Å²) in [6.45, 7) is 4.93. The van der Waals surface area contributed by atoms with Gasteiger partial charge in [-0.3, -0.25) is 14.3 Å². The van der Waals surface area contributed by atoms with E-state index in [-0.39, 0.29) is 12.0 Å². The van der Waals surface area contributed by atoms with Gasteiger partial charge in [-0.05, 0) is 55.7 Å². The molecule has 144 valence electrons. The maximum Gasteiger partial charge on any atom is 0.410 e. The van der Waals surface area contributed by atoms with Gasteiger partial charge in [-0.15, -0.1) is 0 Å². The molecule has 28 heavy (non-hydrogen) atoms. The Morgan fingerprint density at radius 2 is 2.07 bits per heavy atom. The quantitative estimate of drug-likeness (QED) is 0.692. The number of nitrogen functional groups attached to an aromatic ring is 1. The Labute approximate surface area is 162 Å². The van der Waals surface area contributed by atoms with E-state index in [4.69, 9.17) is 10.5 Å². The van der Waals surface area contributed by atoms with Crippen molar-refractivity contribution in [3.05, 3.63) is 59.0 Å². The number of amides is 1. The predicted octanol–water partition coefficient (Wildman–Crippen LogP) is 3.13. The number of anilines is 1. The summed E-state index contributed by atoms with van der Waals surface area (Å²) in [6, 6.07) is 7.47. The second-order valence-corrected chi connectivity index (χ2v) is 6.94. The highest BCUT2D eigenvalue weighted by Gasteiger charge is 2.27. The molecule has 0 spiro atoms. The average Bonchev–Trinajstić information content (AvgIpc) is 3.01. The summed E-state index contributed by atoms with van der Waals surface area (Å²) in [5.41, 5.74) is 10.6. The Kier molecular flexibility index (Phi) is 4.50. The van der Waals surface area contributed by atoms with Crippen LogP contribution in [0, 0.1) is 6.92 Å². The summed E-state index contributed by atoms with van der Waals surface area (Å²) in [4.78, 5) is 31.3. The van der Waals surface area contributed by atoms with Gasteiger partial charge in [0.15, 0.2) is 0 Å². The van der Waals surface area contributed by atoms with E-state index in [1.54, 1.807) is 34.9 Å². The molecule has 0 saturated heterocycles. The molecular formula is C21H22N4O3. The van der Waals surface area contributed by atoms with Crippen LogP contribution in [0.3, 0.4) is 0 Å². The zero-order valence-electron chi connectivity index (χ0n) is 15.9. The molecule has 0 aliphatic carbocycles. The molecule has 0 fully saturated rings. The third-order valence-corrected chi connectivity index (χ3v) is 5.11. The second-order valence-electron chi connectivity index (χ2n) is 6.94. The summed E-state index contributed by atoms with van der Waals surface area (Å²) >= 11 is 0. The molecule has 0 atom stereocenters. The van der Waals surface area contributed by atoms with Crippen LogP contribution >= 0.6 is 0 Å². The summed E-state index contributed by atoms with van der Waals surface area (Å²) in [5, 5.41) is 0.928. The van der Waals surface area contributed by atoms with Gasteiger partial charge < -0.3 is 15.4 Å². The molecule has 0 radical (unpaired) electrons. The van der Waals surface area contributed by atoms with Crippen molar-refractivity contribution in [3.63, 3.8) is 0 Å². The Morgan fingerprint density at radius 3 is 2.86 bits per heavy atom. The molecule has 2 N–H and O–H groups in total. The van der Waals surface area contributed by atoms with Crippen molar-refractivity contribution in [1.29, 1.82) is 0 Å². The van der Waals surface area contributed by atoms with Crippen LogP contribution in [0.5, 0.6) is 0 Å². The Hall–Kier alpha value is -3.35. The van der Waals surface area contributed by atoms with E-state index in [1.807, 2.05) is 25.1 Å². The number of nitrogens with two attached hydrogens (primary N) is 1. The average molecular weight is 378 g/mol. The topological polar surface area (TPSA) is 90.5 Å². The van der Waals surface area contributed by atoms with Crippen molar-refractivity contribution >= 4 is 28.6 Å². The van der Waals surface area contributed by atoms with Gasteiger partial charge >= 0.3 is 6.09 Å². The molecule has 0 unspecified atom stereocenters. The minimum Gasteiger partial charge on any atom is -0.450 e. The van der Waals surface area contributed by atoms with Crippen molar-refractivity contribution in [2.45, 2.75) is 26.8 Å². The normalized spacial score (nSPS) is 13.4. The minimum atomic E-state index is -0.338. The summed E-state index contributed by atoms with van der Waals surface area (Å²) < 4.78 is 6.79. The van der Waals surface area contributed by atoms with E-state index in [1.165, 1.54) is 0 Å². The molecule has 1 aliphatic rings. The van der Waals surface area contributed by atoms with Gasteiger partial charge in [-0.1, -0.05) is 0 Å². The first kappa shape index (κ1) is 18.0. The molecule has 3 heterocycles. The lowest BCUT2D eigenvalue weighted by molar-refractivity contribution is 0.0959. The van der Waals surface area contributed by atoms with Crippen molar-refractivity contribution in [2.75, 3.05) is 18.9 Å². The van der Waals surface area contributed by atoms with Crippen molar-refractivity contribution < 1.29 is 14.3 Å². The monoisotopic (exact) mass is 378 g/mol. The third kappa shape index (κ3) is 2.98. The molecule has 1 aromatic carbocycles. The smallest absolute Gasteiger partial charge is 0.410 e. The highest BCUT2D eigenvalue weighted by atomic mass is 16.6. The Bertz CT molecular complexity index is 1090. The number of pyridine rings is 1. The molecular weight excluding hydrogens is 356 g/mol. The van der Waals surface area contributed by atoms with Crippen LogP contribution in [0.2, 0.25) is 0 Å². The van der Waals surface area contributed by atoms with Crippen LogP contribution in [0.1, 0.15) is 34.1 Å². The molecule has 2 aromatic heterocycles. The maximum atomic E-state index is 13.4. The summed E-state index contributed by atoms with van der Waals surface area (Å²) in [5.74, 6) is -0.119. The first-order chi connectivity index (χ1) is 13.5. The molecule has 3 aromatic rings. The number of carbonyl (C=O) groups is 2. The fraction of sp³-hybridized carbons (Fsp3) is 0.286. The van der Waals surface area contributed by atoms with E-state index < -0.39 is 0 Å². The Morgan fingerprint density at radius 1 is 1.25 bits per heavy atom. The maximum absolute atomic E-state index is 13.4. The van der Waals surface area contributed by atoms with Crippen LogP contribution in [0.4, 0.5) is 10.5 Å². The standard InChI is InChI=1S/C21H22N4O3/c1-3-28-21(27)24-7-6-17-15(12-24)10-23-11-18(17)20(26)25-13(2)8-14-9-16(22)4-5-19(14)25/h4-5,8-11H,3,6-7,12,22H2,1-2H3. The number of ether oxygens (including phenoxy) is 1. The zero-order chi connectivity index (χ0) is 19.8. The van der Waals surface area contributed by atoms with E-state index in [0.717, 1.165) is 27.7 Å². The van der Waals surface area contributed by atoms with Gasteiger partial charge in [0.1, 0.15) is 0 Å². The van der Waals surface area contributed by atoms with Gasteiger partial charge in [-0.2, -0.15) is 0 Å². The van der Waals surface area contributed by atoms with Crippen LogP contribution in [0.15, 0.2) is 36.7 Å². The lowest BCUT2D eigenvalue weighted by Gasteiger charge is -2.28. The third-order valence-electron chi connectivity index (χ3n) is 5.11. The number of aryl methyl sites for hydroxylation is 1. The second kappa shape index (κ2) is 6.99. The molecule has 0 bridgehead atoms. The Balaban J connectivity index is 1.72. The molecule has 1 amide bonds. The number of benzene rings is 1. The number of hydrogen-bond donors (Lipinski definition) is 1. The lowest BCUT2D eigenvalue weighted by atomic mass is 9.97. The van der Waals surface area contributed by atoms with Gasteiger partial charge in [0, 0.05) is 35.7 Å². The van der Waals surface area contributed by atoms with E-state index >= 15 is 0 Å². The summed E-state index contributed by atoms with van der Waals surface area (Å²) in [7, 11) is 0.